The lowest BCUT2D eigenvalue weighted by Crippen LogP contribution is -2.34. The van der Waals surface area contributed by atoms with Crippen molar-refractivity contribution >= 4 is 5.91 Å². The summed E-state index contributed by atoms with van der Waals surface area (Å²) in [5.41, 5.74) is 3.06. The van der Waals surface area contributed by atoms with Crippen LogP contribution >= 0.6 is 0 Å². The van der Waals surface area contributed by atoms with E-state index < -0.39 is 0 Å². The van der Waals surface area contributed by atoms with Crippen LogP contribution in [0.3, 0.4) is 0 Å². The number of hydrogen-bond donors (Lipinski definition) is 0. The van der Waals surface area contributed by atoms with E-state index in [2.05, 4.69) is 19.1 Å². The molecule has 1 heterocycles. The molecule has 5 heteroatoms. The van der Waals surface area contributed by atoms with Gasteiger partial charge < -0.3 is 19.1 Å². The highest BCUT2D eigenvalue weighted by molar-refractivity contribution is 5.79. The summed E-state index contributed by atoms with van der Waals surface area (Å²) in [6.45, 7) is 2.79. The molecule has 1 atom stereocenters. The summed E-state index contributed by atoms with van der Waals surface area (Å²) in [6, 6.07) is 23.5. The van der Waals surface area contributed by atoms with Gasteiger partial charge in [0.2, 0.25) is 12.7 Å². The summed E-state index contributed by atoms with van der Waals surface area (Å²) in [6.07, 6.45) is 0.325. The highest BCUT2D eigenvalue weighted by atomic mass is 16.7. The van der Waals surface area contributed by atoms with E-state index in [9.17, 15) is 4.79 Å². The van der Waals surface area contributed by atoms with Gasteiger partial charge in [-0.1, -0.05) is 48.5 Å². The van der Waals surface area contributed by atoms with Gasteiger partial charge in [0.05, 0.1) is 19.6 Å². The summed E-state index contributed by atoms with van der Waals surface area (Å²) in [4.78, 5) is 15.3. The molecule has 4 rings (SSSR count). The Morgan fingerprint density at radius 3 is 2.40 bits per heavy atom. The molecule has 0 N–H and O–H groups in total. The van der Waals surface area contributed by atoms with Crippen molar-refractivity contribution in [3.05, 3.63) is 89.5 Å². The van der Waals surface area contributed by atoms with Crippen LogP contribution in [0.25, 0.3) is 0 Å². The molecule has 1 unspecified atom stereocenters. The third-order valence-corrected chi connectivity index (χ3v) is 5.37. The number of carbonyl (C=O) groups excluding carboxylic acids is 1. The number of benzene rings is 3. The average Bonchev–Trinajstić information content (AvgIpc) is 3.26. The normalized spacial score (nSPS) is 13.0. The molecule has 0 radical (unpaired) electrons. The standard InChI is InChI=1S/C25H25NO4/c1-18(21-6-4-3-5-7-21)26(16-20-10-13-23-24(14-20)30-17-29-23)25(27)15-19-8-11-22(28-2)12-9-19/h3-14,18H,15-17H2,1-2H3. The highest BCUT2D eigenvalue weighted by Gasteiger charge is 2.23. The Kier molecular flexibility index (Phi) is 5.89. The second-order valence-electron chi connectivity index (χ2n) is 7.32. The molecule has 0 aliphatic carbocycles. The summed E-state index contributed by atoms with van der Waals surface area (Å²) in [7, 11) is 1.63. The lowest BCUT2D eigenvalue weighted by Gasteiger charge is -2.30. The van der Waals surface area contributed by atoms with Crippen LogP contribution in [0.4, 0.5) is 0 Å². The van der Waals surface area contributed by atoms with Crippen LogP contribution in [0, 0.1) is 0 Å². The number of amides is 1. The number of rotatable bonds is 7. The highest BCUT2D eigenvalue weighted by Crippen LogP contribution is 2.33. The quantitative estimate of drug-likeness (QED) is 0.571. The van der Waals surface area contributed by atoms with Gasteiger partial charge in [-0.2, -0.15) is 0 Å². The number of hydrogen-bond acceptors (Lipinski definition) is 4. The molecule has 0 aromatic heterocycles. The van der Waals surface area contributed by atoms with E-state index in [1.165, 1.54) is 0 Å². The Labute approximate surface area is 176 Å². The molecule has 0 bridgehead atoms. The van der Waals surface area contributed by atoms with Crippen molar-refractivity contribution in [1.29, 1.82) is 0 Å². The molecule has 3 aromatic rings. The van der Waals surface area contributed by atoms with Gasteiger partial charge in [0.15, 0.2) is 11.5 Å². The van der Waals surface area contributed by atoms with Gasteiger partial charge in [0.1, 0.15) is 5.75 Å². The van der Waals surface area contributed by atoms with Crippen LogP contribution in [0.5, 0.6) is 17.2 Å². The SMILES string of the molecule is COc1ccc(CC(=O)N(Cc2ccc3c(c2)OCO3)C(C)c2ccccc2)cc1. The van der Waals surface area contributed by atoms with Crippen molar-refractivity contribution in [2.45, 2.75) is 25.9 Å². The fraction of sp³-hybridized carbons (Fsp3) is 0.240. The van der Waals surface area contributed by atoms with Crippen LogP contribution in [-0.2, 0) is 17.8 Å². The van der Waals surface area contributed by atoms with E-state index in [-0.39, 0.29) is 18.7 Å². The van der Waals surface area contributed by atoms with Crippen molar-refractivity contribution in [2.75, 3.05) is 13.9 Å². The van der Waals surface area contributed by atoms with Gasteiger partial charge in [-0.3, -0.25) is 4.79 Å². The summed E-state index contributed by atoms with van der Waals surface area (Å²) in [5.74, 6) is 2.31. The smallest absolute Gasteiger partial charge is 0.231 e. The zero-order valence-corrected chi connectivity index (χ0v) is 17.2. The fourth-order valence-corrected chi connectivity index (χ4v) is 3.61. The first-order chi connectivity index (χ1) is 14.6. The lowest BCUT2D eigenvalue weighted by molar-refractivity contribution is -0.133. The molecule has 1 aliphatic rings. The molecular formula is C25H25NO4. The summed E-state index contributed by atoms with van der Waals surface area (Å²) >= 11 is 0. The minimum Gasteiger partial charge on any atom is -0.497 e. The number of ether oxygens (including phenoxy) is 3. The maximum Gasteiger partial charge on any atom is 0.231 e. The second kappa shape index (κ2) is 8.91. The van der Waals surface area contributed by atoms with Crippen LogP contribution in [0.2, 0.25) is 0 Å². The Morgan fingerprint density at radius 2 is 1.67 bits per heavy atom. The van der Waals surface area contributed by atoms with Crippen molar-refractivity contribution in [2.24, 2.45) is 0 Å². The largest absolute Gasteiger partial charge is 0.497 e. The fourth-order valence-electron chi connectivity index (χ4n) is 3.61. The van der Waals surface area contributed by atoms with E-state index in [0.717, 1.165) is 33.9 Å². The minimum atomic E-state index is -0.0672. The zero-order valence-electron chi connectivity index (χ0n) is 17.2. The predicted octanol–water partition coefficient (Wildman–Crippen LogP) is 4.76. The Balaban J connectivity index is 1.58. The molecule has 30 heavy (non-hydrogen) atoms. The third kappa shape index (κ3) is 4.40. The number of methoxy groups -OCH3 is 1. The van der Waals surface area contributed by atoms with E-state index in [0.29, 0.717) is 13.0 Å². The molecule has 154 valence electrons. The maximum atomic E-state index is 13.4. The molecule has 5 nitrogen and oxygen atoms in total. The molecule has 0 saturated carbocycles. The van der Waals surface area contributed by atoms with Gasteiger partial charge >= 0.3 is 0 Å². The van der Waals surface area contributed by atoms with Gasteiger partial charge in [-0.15, -0.1) is 0 Å². The predicted molar refractivity (Wildman–Crippen MR) is 115 cm³/mol. The first-order valence-corrected chi connectivity index (χ1v) is 10.00. The average molecular weight is 403 g/mol. The van der Waals surface area contributed by atoms with Crippen molar-refractivity contribution < 1.29 is 19.0 Å². The van der Waals surface area contributed by atoms with E-state index in [1.807, 2.05) is 65.6 Å². The third-order valence-electron chi connectivity index (χ3n) is 5.37. The molecule has 0 fully saturated rings. The number of fused-ring (bicyclic) bond motifs is 1. The van der Waals surface area contributed by atoms with Gasteiger partial charge in [0.25, 0.3) is 0 Å². The summed E-state index contributed by atoms with van der Waals surface area (Å²) < 4.78 is 16.1. The van der Waals surface area contributed by atoms with Crippen molar-refractivity contribution in [3.8, 4) is 17.2 Å². The minimum absolute atomic E-state index is 0.0641. The Bertz CT molecular complexity index is 1000. The van der Waals surface area contributed by atoms with E-state index >= 15 is 0 Å². The second-order valence-corrected chi connectivity index (χ2v) is 7.32. The first kappa shape index (κ1) is 19.8. The number of nitrogens with zero attached hydrogens (tertiary/aromatic N) is 1. The van der Waals surface area contributed by atoms with Crippen LogP contribution < -0.4 is 14.2 Å². The molecule has 1 aliphatic heterocycles. The molecule has 3 aromatic carbocycles. The molecule has 1 amide bonds. The van der Waals surface area contributed by atoms with Crippen LogP contribution in [0.1, 0.15) is 29.7 Å². The molecular weight excluding hydrogens is 378 g/mol. The van der Waals surface area contributed by atoms with Gasteiger partial charge in [0, 0.05) is 6.54 Å². The topological polar surface area (TPSA) is 48.0 Å². The van der Waals surface area contributed by atoms with Crippen molar-refractivity contribution in [3.63, 3.8) is 0 Å². The first-order valence-electron chi connectivity index (χ1n) is 10.00. The van der Waals surface area contributed by atoms with Gasteiger partial charge in [-0.25, -0.2) is 0 Å². The Hall–Kier alpha value is -3.47. The summed E-state index contributed by atoms with van der Waals surface area (Å²) in [5, 5.41) is 0. The van der Waals surface area contributed by atoms with Crippen LogP contribution in [0.15, 0.2) is 72.8 Å². The van der Waals surface area contributed by atoms with E-state index in [4.69, 9.17) is 14.2 Å². The van der Waals surface area contributed by atoms with Gasteiger partial charge in [-0.05, 0) is 47.9 Å². The molecule has 0 saturated heterocycles. The van der Waals surface area contributed by atoms with E-state index in [1.54, 1.807) is 7.11 Å². The maximum absolute atomic E-state index is 13.4. The van der Waals surface area contributed by atoms with Crippen LogP contribution in [-0.4, -0.2) is 24.7 Å². The monoisotopic (exact) mass is 403 g/mol. The van der Waals surface area contributed by atoms with Crippen molar-refractivity contribution in [1.82, 2.24) is 4.90 Å². The Morgan fingerprint density at radius 1 is 0.967 bits per heavy atom. The molecule has 0 spiro atoms. The zero-order chi connectivity index (χ0) is 20.9. The number of carbonyl (C=O) groups is 1. The lowest BCUT2D eigenvalue weighted by atomic mass is 10.0.